The molecular weight excluding hydrogens is 364 g/mol. The van der Waals surface area contributed by atoms with Gasteiger partial charge in [-0.3, -0.25) is 0 Å². The normalized spacial score (nSPS) is 43.1. The lowest BCUT2D eigenvalue weighted by molar-refractivity contribution is 0.0145. The molecular formula is C29H46O. The van der Waals surface area contributed by atoms with Crippen molar-refractivity contribution >= 4 is 0 Å². The first kappa shape index (κ1) is 22.4. The fourth-order valence-corrected chi connectivity index (χ4v) is 8.43. The fraction of sp³-hybridized carbons (Fsp3) is 0.793. The van der Waals surface area contributed by atoms with Crippen LogP contribution in [0.4, 0.5) is 0 Å². The van der Waals surface area contributed by atoms with Crippen molar-refractivity contribution in [2.45, 2.75) is 105 Å². The number of allylic oxidation sites excluding steroid dienone is 5. The van der Waals surface area contributed by atoms with Gasteiger partial charge in [-0.15, -0.1) is 0 Å². The maximum absolute atomic E-state index is 10.3. The summed E-state index contributed by atoms with van der Waals surface area (Å²) in [5.74, 6) is 3.54. The van der Waals surface area contributed by atoms with Gasteiger partial charge >= 0.3 is 0 Å². The molecule has 4 aliphatic rings. The molecule has 2 fully saturated rings. The quantitative estimate of drug-likeness (QED) is 0.457. The molecule has 30 heavy (non-hydrogen) atoms. The van der Waals surface area contributed by atoms with Crippen LogP contribution < -0.4 is 0 Å². The predicted octanol–water partition coefficient (Wildman–Crippen LogP) is 7.87. The number of aliphatic hydroxyl groups is 1. The molecule has 0 radical (unpaired) electrons. The van der Waals surface area contributed by atoms with Crippen LogP contribution in [0.15, 0.2) is 35.5 Å². The summed E-state index contributed by atoms with van der Waals surface area (Å²) in [4.78, 5) is 0. The molecule has 1 heteroatoms. The van der Waals surface area contributed by atoms with Crippen molar-refractivity contribution in [3.63, 3.8) is 0 Å². The Hall–Kier alpha value is -0.820. The van der Waals surface area contributed by atoms with Crippen LogP contribution in [0.5, 0.6) is 0 Å². The van der Waals surface area contributed by atoms with E-state index in [1.807, 2.05) is 11.1 Å². The zero-order chi connectivity index (χ0) is 21.7. The molecule has 1 N–H and O–H groups in total. The van der Waals surface area contributed by atoms with Crippen LogP contribution in [0.2, 0.25) is 0 Å². The largest absolute Gasteiger partial charge is 0.393 e. The Kier molecular flexibility index (Phi) is 6.17. The molecule has 0 saturated heterocycles. The van der Waals surface area contributed by atoms with E-state index in [9.17, 15) is 5.11 Å². The van der Waals surface area contributed by atoms with E-state index in [4.69, 9.17) is 0 Å². The maximum Gasteiger partial charge on any atom is 0.0543 e. The highest BCUT2D eigenvalue weighted by atomic mass is 16.3. The third kappa shape index (κ3) is 3.58. The predicted molar refractivity (Wildman–Crippen MR) is 128 cm³/mol. The molecule has 0 aromatic rings. The molecule has 0 aromatic heterocycles. The fourth-order valence-electron chi connectivity index (χ4n) is 8.43. The molecule has 1 nitrogen and oxygen atoms in total. The maximum atomic E-state index is 10.3. The van der Waals surface area contributed by atoms with Crippen molar-refractivity contribution in [1.29, 1.82) is 0 Å². The molecule has 2 saturated carbocycles. The van der Waals surface area contributed by atoms with Gasteiger partial charge in [-0.1, -0.05) is 63.1 Å². The van der Waals surface area contributed by atoms with Crippen molar-refractivity contribution in [2.75, 3.05) is 0 Å². The third-order valence-electron chi connectivity index (χ3n) is 10.4. The average molecular weight is 411 g/mol. The number of rotatable bonds is 5. The van der Waals surface area contributed by atoms with Gasteiger partial charge in [-0.25, -0.2) is 0 Å². The minimum atomic E-state index is -0.0475. The molecule has 0 heterocycles. The molecule has 168 valence electrons. The van der Waals surface area contributed by atoms with Crippen molar-refractivity contribution < 1.29 is 5.11 Å². The van der Waals surface area contributed by atoms with Crippen LogP contribution in [0.1, 0.15) is 98.8 Å². The van der Waals surface area contributed by atoms with E-state index in [0.29, 0.717) is 22.7 Å². The van der Waals surface area contributed by atoms with Gasteiger partial charge in [0.1, 0.15) is 0 Å². The van der Waals surface area contributed by atoms with E-state index in [1.54, 1.807) is 0 Å². The van der Waals surface area contributed by atoms with E-state index in [2.05, 4.69) is 53.3 Å². The van der Waals surface area contributed by atoms with Crippen LogP contribution in [0.25, 0.3) is 0 Å². The molecule has 2 unspecified atom stereocenters. The molecule has 8 atom stereocenters. The third-order valence-corrected chi connectivity index (χ3v) is 10.4. The molecule has 0 spiro atoms. The zero-order valence-electron chi connectivity index (χ0n) is 20.3. The number of aliphatic hydroxyl groups excluding tert-OH is 1. The Bertz CT molecular complexity index is 729. The highest BCUT2D eigenvalue weighted by molar-refractivity contribution is 5.34. The SMILES string of the molecule is C=C(C)C(C=C[C@@H](C)[C@H]1CC[C@H]2C3=C(CC[C@]12C)[C@@]1(C)CC[C@H](O)CC1CC3)CC. The minimum absolute atomic E-state index is 0.0475. The molecule has 4 rings (SSSR count). The lowest BCUT2D eigenvalue weighted by atomic mass is 9.50. The van der Waals surface area contributed by atoms with Gasteiger partial charge in [0.25, 0.3) is 0 Å². The monoisotopic (exact) mass is 410 g/mol. The Morgan fingerprint density at radius 3 is 2.60 bits per heavy atom. The van der Waals surface area contributed by atoms with Gasteiger partial charge in [0.05, 0.1) is 6.10 Å². The molecule has 0 amide bonds. The average Bonchev–Trinajstić information content (AvgIpc) is 3.06. The van der Waals surface area contributed by atoms with E-state index in [0.717, 1.165) is 37.0 Å². The standard InChI is InChI=1S/C29H46O/c1-7-21(19(2)3)9-8-20(4)25-12-13-26-24-11-10-22-18-23(30)14-16-28(22,5)27(24)15-17-29(25,26)6/h8-9,20-23,25-26,30H,2,7,10-18H2,1,3-6H3/t20-,21?,22?,23+,25-,26+,28+,29-/m1/s1. The van der Waals surface area contributed by atoms with Gasteiger partial charge < -0.3 is 5.11 Å². The van der Waals surface area contributed by atoms with Crippen LogP contribution in [-0.4, -0.2) is 11.2 Å². The van der Waals surface area contributed by atoms with Crippen LogP contribution in [0, 0.1) is 40.4 Å². The lowest BCUT2D eigenvalue weighted by Gasteiger charge is -2.55. The zero-order valence-corrected chi connectivity index (χ0v) is 20.3. The van der Waals surface area contributed by atoms with Crippen LogP contribution >= 0.6 is 0 Å². The smallest absolute Gasteiger partial charge is 0.0543 e. The molecule has 0 aromatic carbocycles. The summed E-state index contributed by atoms with van der Waals surface area (Å²) in [5, 5.41) is 10.3. The van der Waals surface area contributed by atoms with Crippen LogP contribution in [-0.2, 0) is 0 Å². The second-order valence-electron chi connectivity index (χ2n) is 11.9. The first-order chi connectivity index (χ1) is 14.2. The first-order valence-electron chi connectivity index (χ1n) is 12.9. The highest BCUT2D eigenvalue weighted by Crippen LogP contribution is 2.65. The summed E-state index contributed by atoms with van der Waals surface area (Å²) in [6.45, 7) is 16.3. The van der Waals surface area contributed by atoms with E-state index >= 15 is 0 Å². The summed E-state index contributed by atoms with van der Waals surface area (Å²) in [7, 11) is 0. The Morgan fingerprint density at radius 1 is 1.13 bits per heavy atom. The molecule has 0 bridgehead atoms. The van der Waals surface area contributed by atoms with Crippen molar-refractivity contribution in [2.24, 2.45) is 40.4 Å². The van der Waals surface area contributed by atoms with E-state index < -0.39 is 0 Å². The lowest BCUT2D eigenvalue weighted by Crippen LogP contribution is -2.45. The molecule has 4 aliphatic carbocycles. The summed E-state index contributed by atoms with van der Waals surface area (Å²) >= 11 is 0. The second kappa shape index (κ2) is 8.27. The van der Waals surface area contributed by atoms with E-state index in [-0.39, 0.29) is 6.10 Å². The summed E-state index contributed by atoms with van der Waals surface area (Å²) in [6, 6.07) is 0. The summed E-state index contributed by atoms with van der Waals surface area (Å²) in [5.41, 5.74) is 5.89. The summed E-state index contributed by atoms with van der Waals surface area (Å²) in [6.07, 6.45) is 17.5. The Balaban J connectivity index is 1.56. The van der Waals surface area contributed by atoms with Crippen molar-refractivity contribution in [3.05, 3.63) is 35.5 Å². The van der Waals surface area contributed by atoms with Crippen LogP contribution in [0.3, 0.4) is 0 Å². The van der Waals surface area contributed by atoms with Gasteiger partial charge in [-0.2, -0.15) is 0 Å². The molecule has 0 aliphatic heterocycles. The van der Waals surface area contributed by atoms with Gasteiger partial charge in [0.15, 0.2) is 0 Å². The second-order valence-corrected chi connectivity index (χ2v) is 11.9. The number of hydrogen-bond donors (Lipinski definition) is 1. The Morgan fingerprint density at radius 2 is 1.90 bits per heavy atom. The Labute approximate surface area is 186 Å². The number of hydrogen-bond acceptors (Lipinski definition) is 1. The number of fused-ring (bicyclic) bond motifs is 4. The minimum Gasteiger partial charge on any atom is -0.393 e. The first-order valence-corrected chi connectivity index (χ1v) is 12.9. The van der Waals surface area contributed by atoms with Crippen molar-refractivity contribution in [1.82, 2.24) is 0 Å². The van der Waals surface area contributed by atoms with Gasteiger partial charge in [-0.05, 0) is 112 Å². The summed E-state index contributed by atoms with van der Waals surface area (Å²) < 4.78 is 0. The van der Waals surface area contributed by atoms with Gasteiger partial charge in [0, 0.05) is 0 Å². The van der Waals surface area contributed by atoms with Crippen molar-refractivity contribution in [3.8, 4) is 0 Å². The van der Waals surface area contributed by atoms with E-state index in [1.165, 1.54) is 50.5 Å². The topological polar surface area (TPSA) is 20.2 Å². The van der Waals surface area contributed by atoms with Gasteiger partial charge in [0.2, 0.25) is 0 Å². The highest BCUT2D eigenvalue weighted by Gasteiger charge is 2.55.